The molecule has 1 fully saturated rings. The highest BCUT2D eigenvalue weighted by Gasteiger charge is 2.39. The van der Waals surface area contributed by atoms with Gasteiger partial charge in [0.05, 0.1) is 17.8 Å². The maximum atomic E-state index is 13.1. The van der Waals surface area contributed by atoms with Gasteiger partial charge < -0.3 is 10.4 Å². The van der Waals surface area contributed by atoms with Gasteiger partial charge in [-0.05, 0) is 49.2 Å². The number of benzene rings is 2. The van der Waals surface area contributed by atoms with Crippen LogP contribution in [-0.2, 0) is 13.1 Å². The summed E-state index contributed by atoms with van der Waals surface area (Å²) in [5.74, 6) is -0.180. The number of carbonyl (C=O) groups excluding carboxylic acids is 1. The van der Waals surface area contributed by atoms with Crippen LogP contribution in [0.4, 0.5) is 13.2 Å². The molecule has 2 heterocycles. The molecule has 14 heteroatoms. The highest BCUT2D eigenvalue weighted by Crippen LogP contribution is 2.24. The van der Waals surface area contributed by atoms with Crippen molar-refractivity contribution in [2.75, 3.05) is 0 Å². The van der Waals surface area contributed by atoms with Crippen molar-refractivity contribution < 1.29 is 23.1 Å². The number of carbonyl (C=O) groups is 1. The fraction of sp³-hybridized carbons (Fsp3) is 0.346. The van der Waals surface area contributed by atoms with E-state index in [-0.39, 0.29) is 30.1 Å². The molecule has 1 amide bonds. The smallest absolute Gasteiger partial charge is 0.382 e. The summed E-state index contributed by atoms with van der Waals surface area (Å²) < 4.78 is 42.4. The van der Waals surface area contributed by atoms with Gasteiger partial charge in [0.15, 0.2) is 17.8 Å². The number of nitrogens with zero attached hydrogens (tertiary/aromatic N) is 6. The number of amides is 1. The maximum absolute atomic E-state index is 13.1. The van der Waals surface area contributed by atoms with E-state index in [2.05, 4.69) is 20.5 Å². The van der Waals surface area contributed by atoms with Gasteiger partial charge in [0, 0.05) is 16.6 Å². The van der Waals surface area contributed by atoms with Gasteiger partial charge in [0.25, 0.3) is 5.91 Å². The molecule has 0 radical (unpaired) electrons. The van der Waals surface area contributed by atoms with E-state index in [9.17, 15) is 27.9 Å². The summed E-state index contributed by atoms with van der Waals surface area (Å²) in [5.41, 5.74) is 0.319. The Balaban J connectivity index is 1.43. The minimum Gasteiger partial charge on any atom is -0.382 e. The fourth-order valence-corrected chi connectivity index (χ4v) is 4.74. The van der Waals surface area contributed by atoms with Crippen molar-refractivity contribution in [1.82, 2.24) is 34.4 Å². The van der Waals surface area contributed by atoms with Crippen molar-refractivity contribution in [2.24, 2.45) is 0 Å². The normalized spacial score (nSPS) is 14.9. The zero-order chi connectivity index (χ0) is 28.4. The molecule has 5 rings (SSSR count). The third kappa shape index (κ3) is 5.94. The number of nitrogens with one attached hydrogen (secondary N) is 1. The number of aliphatic hydroxyl groups excluding tert-OH is 1. The molecule has 40 heavy (non-hydrogen) atoms. The number of aliphatic hydroxyl groups is 1. The highest BCUT2D eigenvalue weighted by atomic mass is 35.5. The summed E-state index contributed by atoms with van der Waals surface area (Å²) in [7, 11) is 0. The molecule has 1 aliphatic carbocycles. The van der Waals surface area contributed by atoms with Gasteiger partial charge in [-0.25, -0.2) is 19.1 Å². The van der Waals surface area contributed by atoms with Crippen LogP contribution < -0.4 is 11.0 Å². The van der Waals surface area contributed by atoms with E-state index in [0.29, 0.717) is 21.8 Å². The zero-order valence-electron chi connectivity index (χ0n) is 21.1. The first kappa shape index (κ1) is 27.6. The number of aromatic nitrogens is 6. The molecule has 1 unspecified atom stereocenters. The molecule has 1 atom stereocenters. The van der Waals surface area contributed by atoms with Crippen LogP contribution in [0.2, 0.25) is 5.02 Å². The van der Waals surface area contributed by atoms with Gasteiger partial charge in [0.2, 0.25) is 0 Å². The summed E-state index contributed by atoms with van der Waals surface area (Å²) in [5, 5.41) is 21.7. The third-order valence-electron chi connectivity index (χ3n) is 6.67. The number of halogens is 4. The van der Waals surface area contributed by atoms with E-state index in [1.165, 1.54) is 35.3 Å². The van der Waals surface area contributed by atoms with Crippen molar-refractivity contribution >= 4 is 17.5 Å². The van der Waals surface area contributed by atoms with E-state index in [1.807, 2.05) is 0 Å². The highest BCUT2D eigenvalue weighted by molar-refractivity contribution is 6.30. The summed E-state index contributed by atoms with van der Waals surface area (Å²) in [4.78, 5) is 30.3. The Labute approximate surface area is 231 Å². The van der Waals surface area contributed by atoms with Gasteiger partial charge in [-0.3, -0.25) is 9.36 Å². The van der Waals surface area contributed by atoms with Crippen LogP contribution in [0.25, 0.3) is 17.1 Å². The lowest BCUT2D eigenvalue weighted by Gasteiger charge is -2.15. The van der Waals surface area contributed by atoms with Crippen LogP contribution in [0.15, 0.2) is 59.7 Å². The zero-order valence-corrected chi connectivity index (χ0v) is 21.8. The van der Waals surface area contributed by atoms with E-state index in [0.717, 1.165) is 34.9 Å². The monoisotopic (exact) mass is 575 g/mol. The molecule has 210 valence electrons. The van der Waals surface area contributed by atoms with Crippen LogP contribution in [0.5, 0.6) is 0 Å². The Bertz CT molecular complexity index is 1560. The van der Waals surface area contributed by atoms with E-state index in [4.69, 9.17) is 11.6 Å². The molecule has 0 spiro atoms. The van der Waals surface area contributed by atoms with Gasteiger partial charge in [-0.1, -0.05) is 36.6 Å². The van der Waals surface area contributed by atoms with Gasteiger partial charge in [0.1, 0.15) is 12.9 Å². The Morgan fingerprint density at radius 2 is 1.80 bits per heavy atom. The Morgan fingerprint density at radius 1 is 1.10 bits per heavy atom. The van der Waals surface area contributed by atoms with Crippen molar-refractivity contribution in [3.63, 3.8) is 0 Å². The Morgan fingerprint density at radius 3 is 2.50 bits per heavy atom. The second-order valence-electron chi connectivity index (χ2n) is 9.52. The predicted octanol–water partition coefficient (Wildman–Crippen LogP) is 3.59. The van der Waals surface area contributed by atoms with Crippen LogP contribution in [-0.4, -0.2) is 58.4 Å². The molecule has 0 saturated heterocycles. The topological polar surface area (TPSA) is 120 Å². The summed E-state index contributed by atoms with van der Waals surface area (Å²) in [6.07, 6.45) is -2.32. The second-order valence-corrected chi connectivity index (χ2v) is 9.95. The van der Waals surface area contributed by atoms with Crippen LogP contribution >= 0.6 is 11.6 Å². The largest absolute Gasteiger partial charge is 0.416 e. The lowest BCUT2D eigenvalue weighted by atomic mass is 10.1. The van der Waals surface area contributed by atoms with Crippen LogP contribution in [0, 0.1) is 0 Å². The summed E-state index contributed by atoms with van der Waals surface area (Å²) >= 11 is 5.93. The molecule has 4 aromatic rings. The second kappa shape index (κ2) is 11.3. The van der Waals surface area contributed by atoms with Crippen molar-refractivity contribution in [2.45, 2.75) is 57.1 Å². The molecule has 10 nitrogen and oxygen atoms in total. The first-order valence-corrected chi connectivity index (χ1v) is 13.0. The summed E-state index contributed by atoms with van der Waals surface area (Å²) in [6, 6.07) is 13.0. The Kier molecular flexibility index (Phi) is 7.76. The van der Waals surface area contributed by atoms with E-state index in [1.54, 1.807) is 24.3 Å². The Hall–Kier alpha value is -3.97. The van der Waals surface area contributed by atoms with Crippen LogP contribution in [0.3, 0.4) is 0 Å². The molecule has 0 aliphatic heterocycles. The van der Waals surface area contributed by atoms with Crippen molar-refractivity contribution in [3.8, 4) is 17.1 Å². The van der Waals surface area contributed by atoms with Crippen LogP contribution in [0.1, 0.15) is 41.9 Å². The van der Waals surface area contributed by atoms with Crippen molar-refractivity contribution in [3.05, 3.63) is 81.8 Å². The quantitative estimate of drug-likeness (QED) is 0.331. The predicted molar refractivity (Wildman–Crippen MR) is 139 cm³/mol. The molecule has 1 aliphatic rings. The molecular weight excluding hydrogens is 551 g/mol. The summed E-state index contributed by atoms with van der Waals surface area (Å²) in [6.45, 7) is -1.32. The SMILES string of the molecule is O=C(NC1CCCC1)c1ccccc1-n1cnc(Cn2nc(-c3ccc(Cl)cc3)n(CC(O)C(F)(F)F)c2=O)n1. The maximum Gasteiger partial charge on any atom is 0.416 e. The average molecular weight is 576 g/mol. The molecule has 2 aromatic carbocycles. The van der Waals surface area contributed by atoms with E-state index >= 15 is 0 Å². The molecule has 2 N–H and O–H groups in total. The van der Waals surface area contributed by atoms with E-state index < -0.39 is 24.5 Å². The number of rotatable bonds is 8. The first-order valence-electron chi connectivity index (χ1n) is 12.6. The molecular formula is C26H25ClF3N7O3. The standard InChI is InChI=1S/C26H25ClF3N7O3/c27-17-11-9-16(10-12-17)23-34-36(25(40)35(23)13-21(38)26(28,29)30)14-22-31-15-37(33-22)20-8-4-3-7-19(20)24(39)32-18-5-1-2-6-18/h3-4,7-12,15,18,21,38H,1-2,5-6,13-14H2,(H,32,39). The lowest BCUT2D eigenvalue weighted by Crippen LogP contribution is -2.37. The fourth-order valence-electron chi connectivity index (χ4n) is 4.62. The van der Waals surface area contributed by atoms with Crippen molar-refractivity contribution in [1.29, 1.82) is 0 Å². The number of alkyl halides is 3. The number of hydrogen-bond acceptors (Lipinski definition) is 6. The lowest BCUT2D eigenvalue weighted by molar-refractivity contribution is -0.207. The number of hydrogen-bond donors (Lipinski definition) is 2. The van der Waals surface area contributed by atoms with Gasteiger partial charge in [-0.2, -0.15) is 13.2 Å². The third-order valence-corrected chi connectivity index (χ3v) is 6.93. The molecule has 2 aromatic heterocycles. The number of para-hydroxylation sites is 1. The minimum atomic E-state index is -4.93. The molecule has 0 bridgehead atoms. The minimum absolute atomic E-state index is 0.0849. The molecule has 1 saturated carbocycles. The van der Waals surface area contributed by atoms with Gasteiger partial charge in [-0.15, -0.1) is 10.2 Å². The average Bonchev–Trinajstić information content (AvgIpc) is 3.67. The van der Waals surface area contributed by atoms with Gasteiger partial charge >= 0.3 is 11.9 Å². The first-order chi connectivity index (χ1) is 19.1.